The fraction of sp³-hybridized carbons (Fsp3) is 0.125. The number of aryl methyl sites for hydroxylation is 2. The number of hydrogen-bond donors (Lipinski definition) is 1. The predicted octanol–water partition coefficient (Wildman–Crippen LogP) is 3.59. The zero-order chi connectivity index (χ0) is 16.6. The van der Waals surface area contributed by atoms with Crippen molar-refractivity contribution in [2.75, 3.05) is 4.72 Å². The molecule has 0 aliphatic carbocycles. The maximum absolute atomic E-state index is 12.4. The van der Waals surface area contributed by atoms with Crippen LogP contribution in [0.2, 0.25) is 0 Å². The van der Waals surface area contributed by atoms with Crippen molar-refractivity contribution in [2.24, 2.45) is 0 Å². The maximum atomic E-state index is 12.4. The summed E-state index contributed by atoms with van der Waals surface area (Å²) in [5, 5.41) is 9.21. The van der Waals surface area contributed by atoms with E-state index in [4.69, 9.17) is 5.26 Å². The van der Waals surface area contributed by atoms with Crippen molar-refractivity contribution in [1.82, 2.24) is 4.98 Å². The molecule has 0 aliphatic heterocycles. The van der Waals surface area contributed by atoms with Gasteiger partial charge < -0.3 is 0 Å². The largest absolute Gasteiger partial charge is 0.263 e. The summed E-state index contributed by atoms with van der Waals surface area (Å²) in [5.74, 6) is 0. The molecular weight excluding hydrogens is 330 g/mol. The Morgan fingerprint density at radius 1 is 1.22 bits per heavy atom. The van der Waals surface area contributed by atoms with Crippen molar-refractivity contribution in [3.63, 3.8) is 0 Å². The summed E-state index contributed by atoms with van der Waals surface area (Å²) in [6.45, 7) is 3.94. The highest BCUT2D eigenvalue weighted by molar-refractivity contribution is 7.93. The number of aromatic nitrogens is 1. The molecule has 0 spiro atoms. The average molecular weight is 343 g/mol. The summed E-state index contributed by atoms with van der Waals surface area (Å²) in [5.41, 5.74) is 3.20. The van der Waals surface area contributed by atoms with Crippen LogP contribution in [0.25, 0.3) is 10.2 Å². The molecule has 1 aromatic heterocycles. The van der Waals surface area contributed by atoms with Crippen LogP contribution < -0.4 is 4.72 Å². The number of sulfonamides is 1. The van der Waals surface area contributed by atoms with Crippen molar-refractivity contribution >= 4 is 36.7 Å². The second-order valence-electron chi connectivity index (χ2n) is 5.19. The topological polar surface area (TPSA) is 82.8 Å². The molecule has 0 saturated carbocycles. The minimum atomic E-state index is -3.77. The third kappa shape index (κ3) is 3.04. The molecule has 3 aromatic rings. The van der Waals surface area contributed by atoms with Gasteiger partial charge in [0.1, 0.15) is 0 Å². The van der Waals surface area contributed by atoms with Crippen LogP contribution in [0.4, 0.5) is 5.13 Å². The first-order valence-electron chi connectivity index (χ1n) is 6.80. The molecule has 5 nitrogen and oxygen atoms in total. The molecular formula is C16H13N3O2S2. The number of hydrogen-bond acceptors (Lipinski definition) is 5. The summed E-state index contributed by atoms with van der Waals surface area (Å²) < 4.78 is 28.3. The van der Waals surface area contributed by atoms with E-state index in [-0.39, 0.29) is 4.90 Å². The normalized spacial score (nSPS) is 11.3. The molecule has 0 radical (unpaired) electrons. The smallest absolute Gasteiger partial charge is 0.255 e. The van der Waals surface area contributed by atoms with E-state index in [1.807, 2.05) is 32.0 Å². The fourth-order valence-electron chi connectivity index (χ4n) is 2.32. The van der Waals surface area contributed by atoms with Crippen molar-refractivity contribution in [1.29, 1.82) is 5.26 Å². The molecule has 0 bridgehead atoms. The second kappa shape index (κ2) is 5.65. The van der Waals surface area contributed by atoms with Crippen molar-refractivity contribution < 1.29 is 8.42 Å². The average Bonchev–Trinajstić information content (AvgIpc) is 2.89. The summed E-state index contributed by atoms with van der Waals surface area (Å²) in [4.78, 5) is 4.41. The lowest BCUT2D eigenvalue weighted by molar-refractivity contribution is 0.601. The molecule has 7 heteroatoms. The Morgan fingerprint density at radius 2 is 2.00 bits per heavy atom. The highest BCUT2D eigenvalue weighted by atomic mass is 32.2. The van der Waals surface area contributed by atoms with E-state index in [9.17, 15) is 8.42 Å². The van der Waals surface area contributed by atoms with E-state index >= 15 is 0 Å². The Kier molecular flexibility index (Phi) is 3.80. The van der Waals surface area contributed by atoms with Crippen LogP contribution in [-0.4, -0.2) is 13.4 Å². The third-order valence-corrected chi connectivity index (χ3v) is 5.71. The zero-order valence-corrected chi connectivity index (χ0v) is 14.1. The molecule has 0 amide bonds. The lowest BCUT2D eigenvalue weighted by Crippen LogP contribution is -2.12. The Balaban J connectivity index is 2.00. The number of nitrogens with one attached hydrogen (secondary N) is 1. The highest BCUT2D eigenvalue weighted by Crippen LogP contribution is 2.30. The van der Waals surface area contributed by atoms with Gasteiger partial charge in [-0.2, -0.15) is 5.26 Å². The molecule has 1 heterocycles. The summed E-state index contributed by atoms with van der Waals surface area (Å²) >= 11 is 1.29. The fourth-order valence-corrected chi connectivity index (χ4v) is 4.64. The monoisotopic (exact) mass is 343 g/mol. The lowest BCUT2D eigenvalue weighted by Gasteiger charge is -2.04. The van der Waals surface area contributed by atoms with Gasteiger partial charge in [0.15, 0.2) is 5.13 Å². The lowest BCUT2D eigenvalue weighted by atomic mass is 10.1. The third-order valence-electron chi connectivity index (χ3n) is 3.32. The van der Waals surface area contributed by atoms with Crippen LogP contribution in [0.1, 0.15) is 16.7 Å². The van der Waals surface area contributed by atoms with Crippen molar-refractivity contribution in [3.05, 3.63) is 53.1 Å². The number of rotatable bonds is 3. The maximum Gasteiger partial charge on any atom is 0.263 e. The first-order valence-corrected chi connectivity index (χ1v) is 9.10. The molecule has 0 fully saturated rings. The van der Waals surface area contributed by atoms with Gasteiger partial charge in [-0.3, -0.25) is 4.72 Å². The molecule has 23 heavy (non-hydrogen) atoms. The van der Waals surface area contributed by atoms with Crippen LogP contribution in [0.3, 0.4) is 0 Å². The Hall–Kier alpha value is -2.43. The second-order valence-corrected chi connectivity index (χ2v) is 7.91. The number of nitriles is 1. The molecule has 2 aromatic carbocycles. The van der Waals surface area contributed by atoms with Gasteiger partial charge in [-0.1, -0.05) is 23.5 Å². The van der Waals surface area contributed by atoms with Gasteiger partial charge in [0.05, 0.1) is 26.7 Å². The molecule has 0 saturated heterocycles. The number of anilines is 1. The highest BCUT2D eigenvalue weighted by Gasteiger charge is 2.17. The van der Waals surface area contributed by atoms with Crippen LogP contribution in [0, 0.1) is 25.2 Å². The van der Waals surface area contributed by atoms with Crippen molar-refractivity contribution in [3.8, 4) is 6.07 Å². The number of fused-ring (bicyclic) bond motifs is 1. The minimum absolute atomic E-state index is 0.0451. The zero-order valence-electron chi connectivity index (χ0n) is 12.5. The van der Waals surface area contributed by atoms with Crippen LogP contribution >= 0.6 is 11.3 Å². The van der Waals surface area contributed by atoms with Gasteiger partial charge in [0, 0.05) is 0 Å². The van der Waals surface area contributed by atoms with Crippen LogP contribution in [-0.2, 0) is 10.0 Å². The molecule has 0 aliphatic rings. The van der Waals surface area contributed by atoms with E-state index in [0.29, 0.717) is 10.7 Å². The van der Waals surface area contributed by atoms with Crippen LogP contribution in [0.15, 0.2) is 41.3 Å². The Bertz CT molecular complexity index is 1050. The Morgan fingerprint density at radius 3 is 2.74 bits per heavy atom. The number of nitrogens with zero attached hydrogens (tertiary/aromatic N) is 2. The molecule has 0 atom stereocenters. The molecule has 1 N–H and O–H groups in total. The van der Waals surface area contributed by atoms with Gasteiger partial charge in [-0.15, -0.1) is 0 Å². The summed E-state index contributed by atoms with van der Waals surface area (Å²) in [6, 6.07) is 11.8. The van der Waals surface area contributed by atoms with Gasteiger partial charge in [0.25, 0.3) is 10.0 Å². The van der Waals surface area contributed by atoms with E-state index in [1.165, 1.54) is 23.5 Å². The number of benzene rings is 2. The number of thiazole rings is 1. The van der Waals surface area contributed by atoms with Crippen molar-refractivity contribution in [2.45, 2.75) is 18.7 Å². The SMILES string of the molecule is Cc1cc(C)c2nc(NS(=O)(=O)c3cccc(C#N)c3)sc2c1. The predicted molar refractivity (Wildman–Crippen MR) is 91.1 cm³/mol. The van der Waals surface area contributed by atoms with Gasteiger partial charge in [-0.05, 0) is 49.2 Å². The standard InChI is InChI=1S/C16H13N3O2S2/c1-10-6-11(2)15-14(7-10)22-16(18-15)19-23(20,21)13-5-3-4-12(8-13)9-17/h3-8H,1-2H3,(H,18,19). The molecule has 3 rings (SSSR count). The first kappa shape index (κ1) is 15.5. The van der Waals surface area contributed by atoms with Gasteiger partial charge >= 0.3 is 0 Å². The summed E-state index contributed by atoms with van der Waals surface area (Å²) in [6.07, 6.45) is 0. The van der Waals surface area contributed by atoms with E-state index < -0.39 is 10.0 Å². The summed E-state index contributed by atoms with van der Waals surface area (Å²) in [7, 11) is -3.77. The molecule has 0 unspecified atom stereocenters. The van der Waals surface area contributed by atoms with E-state index in [0.717, 1.165) is 21.3 Å². The van der Waals surface area contributed by atoms with Gasteiger partial charge in [0.2, 0.25) is 0 Å². The van der Waals surface area contributed by atoms with E-state index in [2.05, 4.69) is 9.71 Å². The quantitative estimate of drug-likeness (QED) is 0.788. The first-order chi connectivity index (χ1) is 10.9. The van der Waals surface area contributed by atoms with Crippen LogP contribution in [0.5, 0.6) is 0 Å². The molecule has 116 valence electrons. The minimum Gasteiger partial charge on any atom is -0.255 e. The Labute approximate surface area is 138 Å². The van der Waals surface area contributed by atoms with E-state index in [1.54, 1.807) is 12.1 Å². The van der Waals surface area contributed by atoms with Gasteiger partial charge in [-0.25, -0.2) is 13.4 Å².